The topological polar surface area (TPSA) is 70.0 Å². The number of aliphatic hydroxyl groups is 1. The molecule has 0 radical (unpaired) electrons. The Hall–Kier alpha value is -2.28. The molecule has 1 fully saturated rings. The number of likely N-dealkylation sites (tertiary alicyclic amines) is 1. The van der Waals surface area contributed by atoms with E-state index < -0.39 is 12.1 Å². The van der Waals surface area contributed by atoms with E-state index in [2.05, 4.69) is 4.90 Å². The van der Waals surface area contributed by atoms with Crippen LogP contribution in [-0.4, -0.2) is 52.9 Å². The van der Waals surface area contributed by atoms with Gasteiger partial charge < -0.3 is 14.9 Å². The predicted molar refractivity (Wildman–Crippen MR) is 127 cm³/mol. The quantitative estimate of drug-likeness (QED) is 0.484. The molecular weight excluding hydrogens is 421 g/mol. The molecule has 3 rings (SSSR count). The van der Waals surface area contributed by atoms with Crippen molar-refractivity contribution in [3.63, 3.8) is 0 Å². The van der Waals surface area contributed by atoms with Crippen molar-refractivity contribution in [2.24, 2.45) is 0 Å². The van der Waals surface area contributed by atoms with Crippen LogP contribution in [0.5, 0.6) is 0 Å². The fraction of sp³-hybridized carbons (Fsp3) is 0.519. The Bertz CT molecular complexity index is 919. The van der Waals surface area contributed by atoms with E-state index in [-0.39, 0.29) is 24.9 Å². The second-order valence-electron chi connectivity index (χ2n) is 9.15. The SMILES string of the molecule is Cc1ccc(C[C@@H]2CCCN2C[C@H](O)CO[C@H](C)c2ccccc2CCCC(=O)O)cc1F. The van der Waals surface area contributed by atoms with Crippen LogP contribution in [-0.2, 0) is 22.4 Å². The number of benzene rings is 2. The number of carboxylic acid groups (broad SMARTS) is 1. The van der Waals surface area contributed by atoms with Crippen LogP contribution >= 0.6 is 0 Å². The maximum absolute atomic E-state index is 13.9. The first-order valence-corrected chi connectivity index (χ1v) is 11.9. The van der Waals surface area contributed by atoms with Crippen LogP contribution in [0.25, 0.3) is 0 Å². The van der Waals surface area contributed by atoms with Crippen LogP contribution in [0, 0.1) is 12.7 Å². The van der Waals surface area contributed by atoms with Gasteiger partial charge in [-0.25, -0.2) is 4.39 Å². The summed E-state index contributed by atoms with van der Waals surface area (Å²) in [6, 6.07) is 13.7. The molecule has 0 aliphatic carbocycles. The Morgan fingerprint density at radius 3 is 2.82 bits per heavy atom. The third-order valence-electron chi connectivity index (χ3n) is 6.52. The lowest BCUT2D eigenvalue weighted by molar-refractivity contribution is -0.137. The van der Waals surface area contributed by atoms with E-state index in [4.69, 9.17) is 9.84 Å². The van der Waals surface area contributed by atoms with Crippen molar-refractivity contribution in [1.82, 2.24) is 4.90 Å². The number of ether oxygens (including phenoxy) is 1. The molecule has 33 heavy (non-hydrogen) atoms. The zero-order chi connectivity index (χ0) is 23.8. The van der Waals surface area contributed by atoms with Gasteiger partial charge in [-0.1, -0.05) is 36.4 Å². The first-order valence-electron chi connectivity index (χ1n) is 11.9. The van der Waals surface area contributed by atoms with Crippen LogP contribution in [0.4, 0.5) is 4.39 Å². The molecule has 1 saturated heterocycles. The number of aliphatic carboxylic acids is 1. The molecule has 0 unspecified atom stereocenters. The van der Waals surface area contributed by atoms with Crippen LogP contribution in [0.15, 0.2) is 42.5 Å². The molecule has 0 amide bonds. The van der Waals surface area contributed by atoms with Crippen molar-refractivity contribution in [3.05, 3.63) is 70.5 Å². The van der Waals surface area contributed by atoms with Crippen molar-refractivity contribution >= 4 is 5.97 Å². The maximum Gasteiger partial charge on any atom is 0.303 e. The normalized spacial score (nSPS) is 18.4. The van der Waals surface area contributed by atoms with Crippen molar-refractivity contribution < 1.29 is 24.1 Å². The van der Waals surface area contributed by atoms with Gasteiger partial charge in [-0.2, -0.15) is 0 Å². The summed E-state index contributed by atoms with van der Waals surface area (Å²) in [5.74, 6) is -0.949. The number of aliphatic hydroxyl groups excluding tert-OH is 1. The summed E-state index contributed by atoms with van der Waals surface area (Å²) in [6.45, 7) is 5.43. The fourth-order valence-electron chi connectivity index (χ4n) is 4.66. The minimum Gasteiger partial charge on any atom is -0.481 e. The van der Waals surface area contributed by atoms with Crippen LogP contribution < -0.4 is 0 Å². The standard InChI is InChI=1S/C27H36FNO4/c1-19-12-13-21(16-26(19)28)15-23-9-6-14-29(23)17-24(30)18-33-20(2)25-10-4-3-7-22(25)8-5-11-27(31)32/h3-4,7,10,12-13,16,20,23-24,30H,5-6,8-9,11,14-15,17-18H2,1-2H3,(H,31,32)/t20-,23+,24+/m1/s1. The van der Waals surface area contributed by atoms with Gasteiger partial charge >= 0.3 is 5.97 Å². The van der Waals surface area contributed by atoms with Gasteiger partial charge in [-0.3, -0.25) is 9.69 Å². The lowest BCUT2D eigenvalue weighted by Gasteiger charge is -2.27. The van der Waals surface area contributed by atoms with Crippen LogP contribution in [0.1, 0.15) is 61.0 Å². The highest BCUT2D eigenvalue weighted by Gasteiger charge is 2.27. The molecule has 5 nitrogen and oxygen atoms in total. The molecule has 180 valence electrons. The first-order chi connectivity index (χ1) is 15.8. The Kier molecular flexibility index (Phi) is 9.41. The minimum absolute atomic E-state index is 0.147. The summed E-state index contributed by atoms with van der Waals surface area (Å²) in [4.78, 5) is 13.1. The van der Waals surface area contributed by atoms with Crippen molar-refractivity contribution in [2.75, 3.05) is 19.7 Å². The number of β-amino-alcohol motifs (C(OH)–C–C–N with tert-alkyl or cyclic N) is 1. The predicted octanol–water partition coefficient (Wildman–Crippen LogP) is 4.69. The Balaban J connectivity index is 1.49. The molecule has 6 heteroatoms. The van der Waals surface area contributed by atoms with Crippen molar-refractivity contribution in [1.29, 1.82) is 0 Å². The number of rotatable bonds is 12. The maximum atomic E-state index is 13.9. The molecule has 1 aliphatic heterocycles. The third kappa shape index (κ3) is 7.63. The van der Waals surface area contributed by atoms with Gasteiger partial charge in [0.1, 0.15) is 5.82 Å². The number of halogens is 1. The fourth-order valence-corrected chi connectivity index (χ4v) is 4.66. The number of nitrogens with zero attached hydrogens (tertiary/aromatic N) is 1. The van der Waals surface area contributed by atoms with E-state index in [1.165, 1.54) is 0 Å². The molecule has 3 atom stereocenters. The van der Waals surface area contributed by atoms with Crippen LogP contribution in [0.3, 0.4) is 0 Å². The monoisotopic (exact) mass is 457 g/mol. The van der Waals surface area contributed by atoms with E-state index in [0.29, 0.717) is 31.0 Å². The molecule has 0 spiro atoms. The molecule has 2 aromatic carbocycles. The highest BCUT2D eigenvalue weighted by Crippen LogP contribution is 2.25. The van der Waals surface area contributed by atoms with Gasteiger partial charge in [-0.05, 0) is 80.8 Å². The molecule has 1 aliphatic rings. The summed E-state index contributed by atoms with van der Waals surface area (Å²) in [6.07, 6.45) is 3.53. The molecule has 0 saturated carbocycles. The summed E-state index contributed by atoms with van der Waals surface area (Å²) >= 11 is 0. The van der Waals surface area contributed by atoms with Gasteiger partial charge in [0.2, 0.25) is 0 Å². The lowest BCUT2D eigenvalue weighted by atomic mass is 9.98. The van der Waals surface area contributed by atoms with Gasteiger partial charge in [0.05, 0.1) is 18.8 Å². The van der Waals surface area contributed by atoms with Crippen molar-refractivity contribution in [3.8, 4) is 0 Å². The molecule has 0 aromatic heterocycles. The lowest BCUT2D eigenvalue weighted by Crippen LogP contribution is -2.39. The minimum atomic E-state index is -0.785. The second-order valence-corrected chi connectivity index (χ2v) is 9.15. The number of hydrogen-bond acceptors (Lipinski definition) is 4. The highest BCUT2D eigenvalue weighted by atomic mass is 19.1. The number of hydrogen-bond donors (Lipinski definition) is 2. The van der Waals surface area contributed by atoms with Gasteiger partial charge in [0, 0.05) is 19.0 Å². The van der Waals surface area contributed by atoms with E-state index in [0.717, 1.165) is 42.5 Å². The number of carboxylic acids is 1. The van der Waals surface area contributed by atoms with Crippen molar-refractivity contribution in [2.45, 2.75) is 70.6 Å². The summed E-state index contributed by atoms with van der Waals surface area (Å²) in [7, 11) is 0. The highest BCUT2D eigenvalue weighted by molar-refractivity contribution is 5.66. The molecule has 2 N–H and O–H groups in total. The largest absolute Gasteiger partial charge is 0.481 e. The average molecular weight is 458 g/mol. The zero-order valence-electron chi connectivity index (χ0n) is 19.7. The second kappa shape index (κ2) is 12.3. The van der Waals surface area contributed by atoms with Crippen LogP contribution in [0.2, 0.25) is 0 Å². The molecule has 1 heterocycles. The van der Waals surface area contributed by atoms with Gasteiger partial charge in [-0.15, -0.1) is 0 Å². The summed E-state index contributed by atoms with van der Waals surface area (Å²) in [5, 5.41) is 19.5. The summed E-state index contributed by atoms with van der Waals surface area (Å²) in [5.41, 5.74) is 3.78. The molecular formula is C27H36FNO4. The molecule has 0 bridgehead atoms. The van der Waals surface area contributed by atoms with Gasteiger partial charge in [0.15, 0.2) is 0 Å². The first kappa shape index (κ1) is 25.3. The third-order valence-corrected chi connectivity index (χ3v) is 6.52. The smallest absolute Gasteiger partial charge is 0.303 e. The van der Waals surface area contributed by atoms with E-state index in [1.54, 1.807) is 13.0 Å². The Morgan fingerprint density at radius 1 is 1.27 bits per heavy atom. The van der Waals surface area contributed by atoms with Gasteiger partial charge in [0.25, 0.3) is 0 Å². The van der Waals surface area contributed by atoms with E-state index in [1.807, 2.05) is 43.3 Å². The summed E-state index contributed by atoms with van der Waals surface area (Å²) < 4.78 is 19.9. The van der Waals surface area contributed by atoms with E-state index in [9.17, 15) is 14.3 Å². The van der Waals surface area contributed by atoms with E-state index >= 15 is 0 Å². The zero-order valence-corrected chi connectivity index (χ0v) is 19.7. The Morgan fingerprint density at radius 2 is 2.06 bits per heavy atom. The number of carbonyl (C=O) groups is 1. The Labute approximate surface area is 196 Å². The molecule has 2 aromatic rings. The average Bonchev–Trinajstić information content (AvgIpc) is 3.21. The number of aryl methyl sites for hydroxylation is 2.